The van der Waals surface area contributed by atoms with E-state index in [0.717, 1.165) is 30.6 Å². The Balaban J connectivity index is 1.92. The van der Waals surface area contributed by atoms with Gasteiger partial charge >= 0.3 is 0 Å². The Morgan fingerprint density at radius 3 is 2.88 bits per heavy atom. The standard InChI is InChI=1S/C14H19NO2/c1-10-5-6-12(8-11(10)2)14(16)15-9-13-4-3-7-17-13/h5-6,8,13H,3-4,7,9H2,1-2H3,(H,15,16)/t13-/m0/s1. The molecular weight excluding hydrogens is 214 g/mol. The quantitative estimate of drug-likeness (QED) is 0.869. The van der Waals surface area contributed by atoms with Crippen LogP contribution in [0.1, 0.15) is 34.3 Å². The number of hydrogen-bond acceptors (Lipinski definition) is 2. The summed E-state index contributed by atoms with van der Waals surface area (Å²) in [5, 5.41) is 2.92. The molecule has 0 unspecified atom stereocenters. The highest BCUT2D eigenvalue weighted by Crippen LogP contribution is 2.12. The van der Waals surface area contributed by atoms with Crippen molar-refractivity contribution in [2.45, 2.75) is 32.8 Å². The van der Waals surface area contributed by atoms with Crippen molar-refractivity contribution in [1.29, 1.82) is 0 Å². The van der Waals surface area contributed by atoms with E-state index in [2.05, 4.69) is 5.32 Å². The van der Waals surface area contributed by atoms with E-state index in [1.165, 1.54) is 5.56 Å². The van der Waals surface area contributed by atoms with Gasteiger partial charge in [0.1, 0.15) is 0 Å². The molecular formula is C14H19NO2. The molecule has 3 heteroatoms. The second-order valence-electron chi connectivity index (χ2n) is 4.64. The lowest BCUT2D eigenvalue weighted by Gasteiger charge is -2.11. The molecule has 92 valence electrons. The lowest BCUT2D eigenvalue weighted by molar-refractivity contribution is 0.0857. The fraction of sp³-hybridized carbons (Fsp3) is 0.500. The van der Waals surface area contributed by atoms with Crippen LogP contribution in [0.15, 0.2) is 18.2 Å². The molecule has 1 fully saturated rings. The fourth-order valence-electron chi connectivity index (χ4n) is 2.00. The number of aryl methyl sites for hydroxylation is 2. The number of carbonyl (C=O) groups is 1. The van der Waals surface area contributed by atoms with E-state index in [9.17, 15) is 4.79 Å². The molecule has 0 spiro atoms. The first kappa shape index (κ1) is 12.1. The summed E-state index contributed by atoms with van der Waals surface area (Å²) in [6.45, 7) is 5.51. The van der Waals surface area contributed by atoms with Gasteiger partial charge in [-0.2, -0.15) is 0 Å². The maximum Gasteiger partial charge on any atom is 0.251 e. The Morgan fingerprint density at radius 1 is 1.41 bits per heavy atom. The summed E-state index contributed by atoms with van der Waals surface area (Å²) in [5.74, 6) is -0.0106. The van der Waals surface area contributed by atoms with Crippen LogP contribution >= 0.6 is 0 Å². The summed E-state index contributed by atoms with van der Waals surface area (Å²) in [6, 6.07) is 5.78. The van der Waals surface area contributed by atoms with Gasteiger partial charge in [-0.05, 0) is 49.9 Å². The third-order valence-electron chi connectivity index (χ3n) is 3.28. The van der Waals surface area contributed by atoms with Gasteiger partial charge in [-0.25, -0.2) is 0 Å². The molecule has 1 amide bonds. The SMILES string of the molecule is Cc1ccc(C(=O)NC[C@@H]2CCCO2)cc1C. The molecule has 2 rings (SSSR count). The van der Waals surface area contributed by atoms with Gasteiger partial charge in [0, 0.05) is 18.7 Å². The second-order valence-corrected chi connectivity index (χ2v) is 4.64. The third-order valence-corrected chi connectivity index (χ3v) is 3.28. The van der Waals surface area contributed by atoms with Crippen LogP contribution in [0, 0.1) is 13.8 Å². The smallest absolute Gasteiger partial charge is 0.251 e. The maximum absolute atomic E-state index is 11.9. The van der Waals surface area contributed by atoms with Crippen LogP contribution in [0.25, 0.3) is 0 Å². The molecule has 0 saturated carbocycles. The lowest BCUT2D eigenvalue weighted by atomic mass is 10.1. The zero-order valence-corrected chi connectivity index (χ0v) is 10.5. The predicted octanol–water partition coefficient (Wildman–Crippen LogP) is 2.21. The highest BCUT2D eigenvalue weighted by Gasteiger charge is 2.16. The van der Waals surface area contributed by atoms with Gasteiger partial charge in [-0.3, -0.25) is 4.79 Å². The number of hydrogen-bond donors (Lipinski definition) is 1. The first-order chi connectivity index (χ1) is 8.16. The molecule has 0 bridgehead atoms. The minimum Gasteiger partial charge on any atom is -0.376 e. The number of benzene rings is 1. The Kier molecular flexibility index (Phi) is 3.79. The van der Waals surface area contributed by atoms with E-state index in [4.69, 9.17) is 4.74 Å². The molecule has 1 atom stereocenters. The van der Waals surface area contributed by atoms with Gasteiger partial charge in [0.2, 0.25) is 0 Å². The van der Waals surface area contributed by atoms with Crippen molar-refractivity contribution < 1.29 is 9.53 Å². The van der Waals surface area contributed by atoms with Crippen LogP contribution in [0.2, 0.25) is 0 Å². The second kappa shape index (κ2) is 5.32. The molecule has 17 heavy (non-hydrogen) atoms. The largest absolute Gasteiger partial charge is 0.376 e. The van der Waals surface area contributed by atoms with Gasteiger partial charge in [0.25, 0.3) is 5.91 Å². The van der Waals surface area contributed by atoms with Crippen LogP contribution in [0.5, 0.6) is 0 Å². The van der Waals surface area contributed by atoms with E-state index in [0.29, 0.717) is 6.54 Å². The highest BCUT2D eigenvalue weighted by molar-refractivity contribution is 5.94. The van der Waals surface area contributed by atoms with Crippen LogP contribution in [-0.2, 0) is 4.74 Å². The average Bonchev–Trinajstić information content (AvgIpc) is 2.82. The first-order valence-corrected chi connectivity index (χ1v) is 6.14. The number of amides is 1. The minimum absolute atomic E-state index is 0.0106. The summed E-state index contributed by atoms with van der Waals surface area (Å²) >= 11 is 0. The molecule has 1 saturated heterocycles. The molecule has 0 radical (unpaired) electrons. The van der Waals surface area contributed by atoms with Gasteiger partial charge in [-0.1, -0.05) is 6.07 Å². The predicted molar refractivity (Wildman–Crippen MR) is 67.2 cm³/mol. The Labute approximate surface area is 102 Å². The van der Waals surface area contributed by atoms with Crippen molar-refractivity contribution in [3.8, 4) is 0 Å². The molecule has 3 nitrogen and oxygen atoms in total. The van der Waals surface area contributed by atoms with E-state index < -0.39 is 0 Å². The van der Waals surface area contributed by atoms with E-state index in [1.807, 2.05) is 32.0 Å². The summed E-state index contributed by atoms with van der Waals surface area (Å²) in [7, 11) is 0. The van der Waals surface area contributed by atoms with Gasteiger partial charge in [0.05, 0.1) is 6.10 Å². The first-order valence-electron chi connectivity index (χ1n) is 6.14. The molecule has 1 aliphatic heterocycles. The zero-order valence-electron chi connectivity index (χ0n) is 10.5. The van der Waals surface area contributed by atoms with Crippen LogP contribution in [0.4, 0.5) is 0 Å². The molecule has 1 heterocycles. The summed E-state index contributed by atoms with van der Waals surface area (Å²) in [5.41, 5.74) is 3.08. The monoisotopic (exact) mass is 233 g/mol. The van der Waals surface area contributed by atoms with Crippen molar-refractivity contribution in [1.82, 2.24) is 5.32 Å². The molecule has 0 aliphatic carbocycles. The van der Waals surface area contributed by atoms with Crippen LogP contribution in [-0.4, -0.2) is 25.2 Å². The van der Waals surface area contributed by atoms with Gasteiger partial charge in [-0.15, -0.1) is 0 Å². The third kappa shape index (κ3) is 3.07. The van der Waals surface area contributed by atoms with Crippen molar-refractivity contribution in [3.63, 3.8) is 0 Å². The number of nitrogens with one attached hydrogen (secondary N) is 1. The molecule has 1 N–H and O–H groups in total. The van der Waals surface area contributed by atoms with Crippen molar-refractivity contribution >= 4 is 5.91 Å². The van der Waals surface area contributed by atoms with Crippen molar-refractivity contribution in [2.24, 2.45) is 0 Å². The van der Waals surface area contributed by atoms with Crippen molar-refractivity contribution in [3.05, 3.63) is 34.9 Å². The van der Waals surface area contributed by atoms with Crippen LogP contribution < -0.4 is 5.32 Å². The lowest BCUT2D eigenvalue weighted by Crippen LogP contribution is -2.31. The van der Waals surface area contributed by atoms with Gasteiger partial charge < -0.3 is 10.1 Å². The fourth-order valence-corrected chi connectivity index (χ4v) is 2.00. The molecule has 1 aromatic carbocycles. The maximum atomic E-state index is 11.9. The Hall–Kier alpha value is -1.35. The Bertz CT molecular complexity index is 409. The van der Waals surface area contributed by atoms with Crippen LogP contribution in [0.3, 0.4) is 0 Å². The summed E-state index contributed by atoms with van der Waals surface area (Å²) < 4.78 is 5.47. The number of ether oxygens (including phenoxy) is 1. The minimum atomic E-state index is -0.0106. The molecule has 0 aromatic heterocycles. The number of carbonyl (C=O) groups excluding carboxylic acids is 1. The zero-order chi connectivity index (χ0) is 12.3. The van der Waals surface area contributed by atoms with E-state index >= 15 is 0 Å². The topological polar surface area (TPSA) is 38.3 Å². The highest BCUT2D eigenvalue weighted by atomic mass is 16.5. The number of rotatable bonds is 3. The van der Waals surface area contributed by atoms with Crippen molar-refractivity contribution in [2.75, 3.05) is 13.2 Å². The average molecular weight is 233 g/mol. The Morgan fingerprint density at radius 2 is 2.24 bits per heavy atom. The summed E-state index contributed by atoms with van der Waals surface area (Å²) in [6.07, 6.45) is 2.35. The summed E-state index contributed by atoms with van der Waals surface area (Å²) in [4.78, 5) is 11.9. The molecule has 1 aliphatic rings. The van der Waals surface area contributed by atoms with E-state index in [1.54, 1.807) is 0 Å². The normalized spacial score (nSPS) is 19.3. The molecule has 1 aromatic rings. The van der Waals surface area contributed by atoms with Gasteiger partial charge in [0.15, 0.2) is 0 Å². The van der Waals surface area contributed by atoms with E-state index in [-0.39, 0.29) is 12.0 Å².